The van der Waals surface area contributed by atoms with Gasteiger partial charge in [0.05, 0.1) is 0 Å². The third-order valence-electron chi connectivity index (χ3n) is 3.98. The van der Waals surface area contributed by atoms with Crippen molar-refractivity contribution in [2.75, 3.05) is 19.8 Å². The van der Waals surface area contributed by atoms with E-state index in [1.54, 1.807) is 5.57 Å². The molecule has 0 aromatic heterocycles. The van der Waals surface area contributed by atoms with E-state index in [1.165, 1.54) is 32.1 Å². The van der Waals surface area contributed by atoms with Gasteiger partial charge in [-0.1, -0.05) is 31.4 Å². The molecule has 2 heteroatoms. The van der Waals surface area contributed by atoms with Crippen LogP contribution in [0.3, 0.4) is 0 Å². The Morgan fingerprint density at radius 1 is 1.35 bits per heavy atom. The zero-order valence-electron chi connectivity index (χ0n) is 11.2. The van der Waals surface area contributed by atoms with Gasteiger partial charge in [-0.25, -0.2) is 0 Å². The summed E-state index contributed by atoms with van der Waals surface area (Å²) in [5.41, 5.74) is 1.61. The highest BCUT2D eigenvalue weighted by Crippen LogP contribution is 2.58. The minimum Gasteiger partial charge on any atom is -0.267 e. The van der Waals surface area contributed by atoms with Gasteiger partial charge in [0.1, 0.15) is 0 Å². The van der Waals surface area contributed by atoms with Crippen molar-refractivity contribution < 1.29 is 0 Å². The fourth-order valence-electron chi connectivity index (χ4n) is 2.85. The summed E-state index contributed by atoms with van der Waals surface area (Å²) in [6.45, 7) is 3.92. The molecule has 0 radical (unpaired) electrons. The van der Waals surface area contributed by atoms with Crippen molar-refractivity contribution in [1.82, 2.24) is 4.31 Å². The van der Waals surface area contributed by atoms with Crippen LogP contribution < -0.4 is 0 Å². The summed E-state index contributed by atoms with van der Waals surface area (Å²) in [7, 11) is 3.54. The lowest BCUT2D eigenvalue weighted by molar-refractivity contribution is 0.409. The largest absolute Gasteiger partial charge is 0.267 e. The normalized spacial score (nSPS) is 33.5. The lowest BCUT2D eigenvalue weighted by atomic mass is 9.84. The molecule has 1 heterocycles. The van der Waals surface area contributed by atoms with Crippen molar-refractivity contribution in [3.8, 4) is 0 Å². The molecular weight excluding hydrogens is 226 g/mol. The molecule has 0 aromatic rings. The van der Waals surface area contributed by atoms with Gasteiger partial charge < -0.3 is 0 Å². The number of hydrogen-bond acceptors (Lipinski definition) is 1. The topological polar surface area (TPSA) is 3.24 Å². The Bertz CT molecular complexity index is 337. The molecule has 1 unspecified atom stereocenters. The maximum absolute atomic E-state index is 3.92. The maximum Gasteiger partial charge on any atom is 0.0141 e. The summed E-state index contributed by atoms with van der Waals surface area (Å²) >= 11 is 0. The summed E-state index contributed by atoms with van der Waals surface area (Å²) in [4.78, 5) is 0. The van der Waals surface area contributed by atoms with Crippen molar-refractivity contribution in [3.63, 3.8) is 0 Å². The van der Waals surface area contributed by atoms with E-state index in [0.29, 0.717) is 0 Å². The molecule has 1 aliphatic carbocycles. The average molecular weight is 251 g/mol. The molecule has 0 spiro atoms. The monoisotopic (exact) mass is 251 g/mol. The summed E-state index contributed by atoms with van der Waals surface area (Å²) in [5, 5.41) is 5.00. The van der Waals surface area contributed by atoms with E-state index >= 15 is 0 Å². The van der Waals surface area contributed by atoms with E-state index < -0.39 is 10.2 Å². The summed E-state index contributed by atoms with van der Waals surface area (Å²) < 4.78 is 2.39. The highest BCUT2D eigenvalue weighted by atomic mass is 32.3. The van der Waals surface area contributed by atoms with E-state index in [2.05, 4.69) is 47.9 Å². The molecule has 17 heavy (non-hydrogen) atoms. The molecule has 0 saturated heterocycles. The Kier molecular flexibility index (Phi) is 4.16. The third-order valence-corrected chi connectivity index (χ3v) is 7.39. The summed E-state index contributed by atoms with van der Waals surface area (Å²) in [5.74, 6) is 1.92. The van der Waals surface area contributed by atoms with E-state index in [0.717, 1.165) is 11.7 Å². The van der Waals surface area contributed by atoms with Crippen LogP contribution in [0.25, 0.3) is 0 Å². The molecule has 0 aromatic carbocycles. The zero-order valence-corrected chi connectivity index (χ0v) is 12.0. The smallest absolute Gasteiger partial charge is 0.0141 e. The predicted octanol–water partition coefficient (Wildman–Crippen LogP) is 4.45. The first-order valence-corrected chi connectivity index (χ1v) is 8.55. The van der Waals surface area contributed by atoms with Crippen LogP contribution in [0.2, 0.25) is 0 Å². The van der Waals surface area contributed by atoms with Crippen LogP contribution in [0, 0.1) is 5.92 Å². The first kappa shape index (κ1) is 13.0. The van der Waals surface area contributed by atoms with Crippen LogP contribution in [0.4, 0.5) is 0 Å². The van der Waals surface area contributed by atoms with Gasteiger partial charge in [0.25, 0.3) is 0 Å². The molecule has 2 rings (SSSR count). The summed E-state index contributed by atoms with van der Waals surface area (Å²) in [6.07, 6.45) is 11.5. The molecule has 0 bridgehead atoms. The summed E-state index contributed by atoms with van der Waals surface area (Å²) in [6, 6.07) is 0. The van der Waals surface area contributed by atoms with E-state index in [-0.39, 0.29) is 0 Å². The number of rotatable bonds is 4. The molecule has 1 atom stereocenters. The SMILES string of the molecule is C=CCS1(N(C)C)C=CC(C2CCCCC2)=C1. The van der Waals surface area contributed by atoms with Crippen molar-refractivity contribution in [1.29, 1.82) is 0 Å². The third kappa shape index (κ3) is 2.69. The van der Waals surface area contributed by atoms with E-state index in [9.17, 15) is 0 Å². The van der Waals surface area contributed by atoms with Crippen molar-refractivity contribution in [2.24, 2.45) is 5.92 Å². The predicted molar refractivity (Wildman–Crippen MR) is 80.1 cm³/mol. The molecule has 0 amide bonds. The molecule has 1 saturated carbocycles. The van der Waals surface area contributed by atoms with E-state index in [4.69, 9.17) is 0 Å². The molecule has 1 nitrogen and oxygen atoms in total. The van der Waals surface area contributed by atoms with Crippen LogP contribution in [-0.2, 0) is 0 Å². The highest BCUT2D eigenvalue weighted by molar-refractivity contribution is 8.36. The lowest BCUT2D eigenvalue weighted by Crippen LogP contribution is -2.17. The Hall–Kier alpha value is -0.470. The molecule has 96 valence electrons. The van der Waals surface area contributed by atoms with Crippen LogP contribution in [-0.4, -0.2) is 24.2 Å². The Morgan fingerprint density at radius 3 is 2.65 bits per heavy atom. The van der Waals surface area contributed by atoms with Gasteiger partial charge >= 0.3 is 0 Å². The number of nitrogens with zero attached hydrogens (tertiary/aromatic N) is 1. The zero-order chi connectivity index (χ0) is 12.3. The Labute approximate surface area is 108 Å². The minimum absolute atomic E-state index is 0.833. The number of allylic oxidation sites excluding steroid dienone is 2. The van der Waals surface area contributed by atoms with Crippen LogP contribution in [0.15, 0.2) is 35.1 Å². The first-order chi connectivity index (χ1) is 8.18. The minimum atomic E-state index is -0.854. The van der Waals surface area contributed by atoms with Gasteiger partial charge in [0, 0.05) is 5.75 Å². The fraction of sp³-hybridized carbons (Fsp3) is 0.600. The van der Waals surface area contributed by atoms with Gasteiger partial charge in [0.2, 0.25) is 0 Å². The second-order valence-corrected chi connectivity index (χ2v) is 8.52. The molecular formula is C15H25NS. The second-order valence-electron chi connectivity index (χ2n) is 5.33. The average Bonchev–Trinajstić information content (AvgIpc) is 2.76. The van der Waals surface area contributed by atoms with Gasteiger partial charge in [0.15, 0.2) is 0 Å². The fourth-order valence-corrected chi connectivity index (χ4v) is 5.40. The van der Waals surface area contributed by atoms with Gasteiger partial charge in [-0.05, 0) is 49.2 Å². The number of hydrogen-bond donors (Lipinski definition) is 0. The highest BCUT2D eigenvalue weighted by Gasteiger charge is 2.27. The first-order valence-electron chi connectivity index (χ1n) is 6.67. The molecule has 0 N–H and O–H groups in total. The van der Waals surface area contributed by atoms with Crippen LogP contribution >= 0.6 is 10.2 Å². The van der Waals surface area contributed by atoms with Gasteiger partial charge in [-0.15, -0.1) is 16.8 Å². The molecule has 2 aliphatic rings. The van der Waals surface area contributed by atoms with Crippen LogP contribution in [0.1, 0.15) is 32.1 Å². The maximum atomic E-state index is 3.92. The molecule has 1 fully saturated rings. The van der Waals surface area contributed by atoms with Crippen molar-refractivity contribution >= 4 is 10.2 Å². The lowest BCUT2D eigenvalue weighted by Gasteiger charge is -2.38. The van der Waals surface area contributed by atoms with Crippen LogP contribution in [0.5, 0.6) is 0 Å². The Balaban J connectivity index is 2.15. The van der Waals surface area contributed by atoms with Crippen molar-refractivity contribution in [2.45, 2.75) is 32.1 Å². The molecule has 1 aliphatic heterocycles. The van der Waals surface area contributed by atoms with Gasteiger partial charge in [-0.2, -0.15) is 0 Å². The second kappa shape index (κ2) is 5.45. The Morgan fingerprint density at radius 2 is 2.06 bits per heavy atom. The van der Waals surface area contributed by atoms with Crippen molar-refractivity contribution in [3.05, 3.63) is 35.1 Å². The quantitative estimate of drug-likeness (QED) is 0.667. The van der Waals surface area contributed by atoms with E-state index in [1.807, 2.05) is 0 Å². The van der Waals surface area contributed by atoms with Gasteiger partial charge in [-0.3, -0.25) is 4.31 Å². The standard InChI is InChI=1S/C15H25NS/c1-4-11-17(16(2)3)12-10-15(13-17)14-8-6-5-7-9-14/h4,10,12-14H,1,5-9,11H2,2-3H3.